The lowest BCUT2D eigenvalue weighted by molar-refractivity contribution is 0.139. The Bertz CT molecular complexity index is 1150. The highest BCUT2D eigenvalue weighted by Crippen LogP contribution is 2.41. The molecule has 0 radical (unpaired) electrons. The van der Waals surface area contributed by atoms with Gasteiger partial charge in [-0.25, -0.2) is 4.79 Å². The van der Waals surface area contributed by atoms with E-state index in [0.29, 0.717) is 16.8 Å². The third-order valence-electron chi connectivity index (χ3n) is 6.70. The van der Waals surface area contributed by atoms with Gasteiger partial charge in [0, 0.05) is 28.2 Å². The number of pyridine rings is 1. The Morgan fingerprint density at radius 2 is 1.88 bits per heavy atom. The summed E-state index contributed by atoms with van der Waals surface area (Å²) in [5, 5.41) is 19.2. The first-order chi connectivity index (χ1) is 15.5. The maximum atomic E-state index is 11.8. The molecule has 2 aromatic heterocycles. The van der Waals surface area contributed by atoms with Crippen LogP contribution < -0.4 is 0 Å². The number of carboxylic acid groups (broad SMARTS) is 1. The molecule has 1 fully saturated rings. The maximum absolute atomic E-state index is 11.8. The van der Waals surface area contributed by atoms with Crippen molar-refractivity contribution >= 4 is 17.7 Å². The Morgan fingerprint density at radius 1 is 1.09 bits per heavy atom. The molecule has 1 amide bonds. The van der Waals surface area contributed by atoms with E-state index in [1.807, 2.05) is 18.2 Å². The van der Waals surface area contributed by atoms with Gasteiger partial charge in [-0.1, -0.05) is 24.6 Å². The molecule has 0 atom stereocenters. The Hall–Kier alpha value is -2.93. The fourth-order valence-electron chi connectivity index (χ4n) is 5.00. The average molecular weight is 452 g/mol. The van der Waals surface area contributed by atoms with Gasteiger partial charge in [0.25, 0.3) is 0 Å². The number of aromatic nitrogens is 4. The SMILES string of the molecule is CCc1cccc(C2CCC(c3nnc4n3-c3ccc(Cl)cc3CN(C(=O)O)C4)CC2)n1. The second-order valence-corrected chi connectivity index (χ2v) is 9.11. The van der Waals surface area contributed by atoms with E-state index >= 15 is 0 Å². The van der Waals surface area contributed by atoms with E-state index < -0.39 is 6.09 Å². The van der Waals surface area contributed by atoms with Crippen molar-refractivity contribution < 1.29 is 9.90 Å². The second kappa shape index (κ2) is 8.54. The van der Waals surface area contributed by atoms with Crippen molar-refractivity contribution in [3.05, 3.63) is 70.0 Å². The van der Waals surface area contributed by atoms with E-state index in [1.165, 1.54) is 10.6 Å². The molecule has 1 N–H and O–H groups in total. The van der Waals surface area contributed by atoms with Gasteiger partial charge < -0.3 is 5.11 Å². The first kappa shape index (κ1) is 20.9. The molecular weight excluding hydrogens is 426 g/mol. The van der Waals surface area contributed by atoms with Crippen LogP contribution in [0.3, 0.4) is 0 Å². The molecule has 0 bridgehead atoms. The number of rotatable bonds is 3. The highest BCUT2D eigenvalue weighted by atomic mass is 35.5. The summed E-state index contributed by atoms with van der Waals surface area (Å²) in [7, 11) is 0. The lowest BCUT2D eigenvalue weighted by Crippen LogP contribution is -2.27. The zero-order valence-corrected chi connectivity index (χ0v) is 18.8. The third kappa shape index (κ3) is 3.86. The van der Waals surface area contributed by atoms with Crippen LogP contribution in [0.5, 0.6) is 0 Å². The van der Waals surface area contributed by atoms with Gasteiger partial charge in [0.15, 0.2) is 5.82 Å². The minimum Gasteiger partial charge on any atom is -0.465 e. The Labute approximate surface area is 192 Å². The number of benzene rings is 1. The van der Waals surface area contributed by atoms with Crippen LogP contribution in [0.15, 0.2) is 36.4 Å². The normalized spacial score (nSPS) is 20.4. The van der Waals surface area contributed by atoms with Gasteiger partial charge in [0.05, 0.1) is 18.8 Å². The molecule has 1 aliphatic heterocycles. The fourth-order valence-corrected chi connectivity index (χ4v) is 5.19. The standard InChI is InChI=1S/C24H26ClN5O2/c1-2-19-4-3-5-20(26-19)15-6-8-16(9-7-15)23-28-27-22-14-29(24(31)32)13-17-12-18(25)10-11-21(17)30(22)23/h3-5,10-12,15-16H,2,6-9,13-14H2,1H3,(H,31,32). The molecule has 1 aliphatic carbocycles. The van der Waals surface area contributed by atoms with Crippen molar-refractivity contribution in [3.63, 3.8) is 0 Å². The summed E-state index contributed by atoms with van der Waals surface area (Å²) >= 11 is 6.23. The summed E-state index contributed by atoms with van der Waals surface area (Å²) in [5.41, 5.74) is 4.13. The molecule has 7 nitrogen and oxygen atoms in total. The van der Waals surface area contributed by atoms with E-state index in [4.69, 9.17) is 16.6 Å². The zero-order valence-electron chi connectivity index (χ0n) is 18.0. The number of hydrogen-bond donors (Lipinski definition) is 1. The van der Waals surface area contributed by atoms with E-state index in [-0.39, 0.29) is 19.0 Å². The van der Waals surface area contributed by atoms with Crippen LogP contribution in [0.4, 0.5) is 4.79 Å². The third-order valence-corrected chi connectivity index (χ3v) is 6.94. The highest BCUT2D eigenvalue weighted by molar-refractivity contribution is 6.30. The summed E-state index contributed by atoms with van der Waals surface area (Å²) < 4.78 is 2.07. The summed E-state index contributed by atoms with van der Waals surface area (Å²) in [4.78, 5) is 18.0. The quantitative estimate of drug-likeness (QED) is 0.583. The van der Waals surface area contributed by atoms with E-state index in [1.54, 1.807) is 0 Å². The molecule has 3 aromatic rings. The van der Waals surface area contributed by atoms with E-state index in [9.17, 15) is 9.90 Å². The molecule has 3 heterocycles. The highest BCUT2D eigenvalue weighted by Gasteiger charge is 2.32. The van der Waals surface area contributed by atoms with Gasteiger partial charge in [-0.15, -0.1) is 10.2 Å². The molecule has 0 spiro atoms. The van der Waals surface area contributed by atoms with Gasteiger partial charge in [0.1, 0.15) is 5.82 Å². The number of carbonyl (C=O) groups is 1. The number of amides is 1. The first-order valence-electron chi connectivity index (χ1n) is 11.2. The van der Waals surface area contributed by atoms with Crippen LogP contribution in [0.1, 0.15) is 73.0 Å². The van der Waals surface area contributed by atoms with Crippen molar-refractivity contribution in [2.45, 2.75) is 64.0 Å². The van der Waals surface area contributed by atoms with Crippen LogP contribution in [0, 0.1) is 0 Å². The lowest BCUT2D eigenvalue weighted by Gasteiger charge is -2.28. The number of nitrogens with zero attached hydrogens (tertiary/aromatic N) is 5. The molecule has 32 heavy (non-hydrogen) atoms. The molecule has 0 unspecified atom stereocenters. The molecule has 2 aliphatic rings. The van der Waals surface area contributed by atoms with Gasteiger partial charge in [-0.3, -0.25) is 14.5 Å². The zero-order chi connectivity index (χ0) is 22.2. The molecule has 8 heteroatoms. The minimum absolute atomic E-state index is 0.206. The molecule has 5 rings (SSSR count). The molecule has 166 valence electrons. The Morgan fingerprint density at radius 3 is 2.62 bits per heavy atom. The van der Waals surface area contributed by atoms with Crippen LogP contribution in [0.25, 0.3) is 5.69 Å². The monoisotopic (exact) mass is 451 g/mol. The smallest absolute Gasteiger partial charge is 0.408 e. The molecule has 1 saturated carbocycles. The lowest BCUT2D eigenvalue weighted by atomic mass is 9.80. The second-order valence-electron chi connectivity index (χ2n) is 8.68. The minimum atomic E-state index is -0.976. The van der Waals surface area contributed by atoms with E-state index in [2.05, 4.69) is 39.9 Å². The number of halogens is 1. The molecule has 1 aromatic carbocycles. The Kier molecular flexibility index (Phi) is 5.59. The fraction of sp³-hybridized carbons (Fsp3) is 0.417. The molecular formula is C24H26ClN5O2. The first-order valence-corrected chi connectivity index (χ1v) is 11.6. The topological polar surface area (TPSA) is 84.1 Å². The Balaban J connectivity index is 1.44. The summed E-state index contributed by atoms with van der Waals surface area (Å²) in [6.45, 7) is 2.62. The predicted octanol–water partition coefficient (Wildman–Crippen LogP) is 5.31. The van der Waals surface area contributed by atoms with Crippen molar-refractivity contribution in [2.75, 3.05) is 0 Å². The van der Waals surface area contributed by atoms with Crippen molar-refractivity contribution in [1.29, 1.82) is 0 Å². The van der Waals surface area contributed by atoms with Crippen molar-refractivity contribution in [3.8, 4) is 5.69 Å². The maximum Gasteiger partial charge on any atom is 0.408 e. The number of fused-ring (bicyclic) bond motifs is 3. The van der Waals surface area contributed by atoms with Crippen molar-refractivity contribution in [1.82, 2.24) is 24.6 Å². The largest absolute Gasteiger partial charge is 0.465 e. The summed E-state index contributed by atoms with van der Waals surface area (Å²) in [6, 6.07) is 12.0. The van der Waals surface area contributed by atoms with Gasteiger partial charge in [-0.05, 0) is 68.0 Å². The number of hydrogen-bond acceptors (Lipinski definition) is 4. The summed E-state index contributed by atoms with van der Waals surface area (Å²) in [5.74, 6) is 2.33. The van der Waals surface area contributed by atoms with Crippen LogP contribution in [-0.2, 0) is 19.5 Å². The van der Waals surface area contributed by atoms with Gasteiger partial charge in [0.2, 0.25) is 0 Å². The van der Waals surface area contributed by atoms with Crippen LogP contribution >= 0.6 is 11.6 Å². The van der Waals surface area contributed by atoms with E-state index in [0.717, 1.165) is 54.9 Å². The van der Waals surface area contributed by atoms with Gasteiger partial charge in [-0.2, -0.15) is 0 Å². The van der Waals surface area contributed by atoms with Crippen LogP contribution in [0.2, 0.25) is 5.02 Å². The predicted molar refractivity (Wildman–Crippen MR) is 121 cm³/mol. The van der Waals surface area contributed by atoms with Crippen LogP contribution in [-0.4, -0.2) is 35.8 Å². The molecule has 0 saturated heterocycles. The number of aryl methyl sites for hydroxylation is 1. The van der Waals surface area contributed by atoms with Gasteiger partial charge >= 0.3 is 6.09 Å². The van der Waals surface area contributed by atoms with Crippen molar-refractivity contribution in [2.24, 2.45) is 0 Å². The average Bonchev–Trinajstić information content (AvgIpc) is 3.14. The summed E-state index contributed by atoms with van der Waals surface area (Å²) in [6.07, 6.45) is 4.10.